The maximum atomic E-state index is 9.96. The second kappa shape index (κ2) is 6.59. The maximum Gasteiger partial charge on any atom is 0.0633 e. The second-order valence-electron chi connectivity index (χ2n) is 6.21. The molecule has 112 valence electrons. The van der Waals surface area contributed by atoms with E-state index in [-0.39, 0.29) is 12.1 Å². The summed E-state index contributed by atoms with van der Waals surface area (Å²) in [5, 5.41) is 13.6. The van der Waals surface area contributed by atoms with Crippen molar-refractivity contribution < 1.29 is 5.11 Å². The zero-order valence-corrected chi connectivity index (χ0v) is 13.0. The Morgan fingerprint density at radius 3 is 2.45 bits per heavy atom. The summed E-state index contributed by atoms with van der Waals surface area (Å²) in [5.74, 6) is 0.618. The minimum Gasteiger partial charge on any atom is -0.394 e. The van der Waals surface area contributed by atoms with E-state index in [9.17, 15) is 5.11 Å². The smallest absolute Gasteiger partial charge is 0.0633 e. The van der Waals surface area contributed by atoms with Crippen molar-refractivity contribution in [1.82, 2.24) is 5.32 Å². The predicted molar refractivity (Wildman–Crippen MR) is 85.3 cm³/mol. The topological polar surface area (TPSA) is 35.5 Å². The first kappa shape index (κ1) is 15.3. The van der Waals surface area contributed by atoms with Crippen molar-refractivity contribution in [2.24, 2.45) is 5.92 Å². The summed E-state index contributed by atoms with van der Waals surface area (Å²) in [6.07, 6.45) is 3.57. The minimum absolute atomic E-state index is 0.143. The Morgan fingerprint density at radius 1 is 1.30 bits per heavy atom. The van der Waals surface area contributed by atoms with Crippen molar-refractivity contribution in [2.75, 3.05) is 31.6 Å². The molecule has 0 spiro atoms. The quantitative estimate of drug-likeness (QED) is 0.766. The van der Waals surface area contributed by atoms with Crippen molar-refractivity contribution in [1.29, 1.82) is 0 Å². The number of likely N-dealkylation sites (N-methyl/N-ethyl adjacent to an activating group) is 1. The highest BCUT2D eigenvalue weighted by Crippen LogP contribution is 2.40. The Kier molecular flexibility index (Phi) is 5.06. The number of hydrogen-bond acceptors (Lipinski definition) is 3. The third-order valence-corrected chi connectivity index (χ3v) is 4.36. The first-order valence-electron chi connectivity index (χ1n) is 7.75. The lowest BCUT2D eigenvalue weighted by Crippen LogP contribution is -2.57. The summed E-state index contributed by atoms with van der Waals surface area (Å²) >= 11 is 0. The highest BCUT2D eigenvalue weighted by atomic mass is 16.3. The lowest BCUT2D eigenvalue weighted by molar-refractivity contribution is 0.145. The van der Waals surface area contributed by atoms with Crippen LogP contribution < -0.4 is 10.2 Å². The summed E-state index contributed by atoms with van der Waals surface area (Å²) in [4.78, 5) is 2.26. The molecule has 1 aromatic carbocycles. The standard InChI is InChI=1S/C17H28N2O/c1-4-11-18-17(13-20,15-7-8-15)12-19(3)16-9-5-14(2)6-10-16/h5-6,9-10,15,18,20H,4,7-8,11-13H2,1-3H3. The fourth-order valence-corrected chi connectivity index (χ4v) is 2.89. The molecule has 1 unspecified atom stereocenters. The molecule has 0 saturated heterocycles. The van der Waals surface area contributed by atoms with E-state index in [2.05, 4.69) is 55.4 Å². The molecular formula is C17H28N2O. The average molecular weight is 276 g/mol. The number of nitrogens with zero attached hydrogens (tertiary/aromatic N) is 1. The number of hydrogen-bond donors (Lipinski definition) is 2. The van der Waals surface area contributed by atoms with Gasteiger partial charge in [0.2, 0.25) is 0 Å². The van der Waals surface area contributed by atoms with Crippen LogP contribution >= 0.6 is 0 Å². The minimum atomic E-state index is -0.143. The average Bonchev–Trinajstić information content (AvgIpc) is 3.29. The van der Waals surface area contributed by atoms with E-state index >= 15 is 0 Å². The van der Waals surface area contributed by atoms with Crippen LogP contribution in [0.4, 0.5) is 5.69 Å². The number of aryl methyl sites for hydroxylation is 1. The Bertz CT molecular complexity index is 414. The molecule has 1 atom stereocenters. The van der Waals surface area contributed by atoms with E-state index in [0.29, 0.717) is 5.92 Å². The molecule has 3 nitrogen and oxygen atoms in total. The molecule has 3 heteroatoms. The molecule has 1 aromatic rings. The van der Waals surface area contributed by atoms with Crippen LogP contribution in [0.1, 0.15) is 31.7 Å². The lowest BCUT2D eigenvalue weighted by Gasteiger charge is -2.38. The normalized spacial score (nSPS) is 17.8. The molecular weight excluding hydrogens is 248 g/mol. The van der Waals surface area contributed by atoms with Gasteiger partial charge in [0.1, 0.15) is 0 Å². The molecule has 0 aliphatic heterocycles. The van der Waals surface area contributed by atoms with Gasteiger partial charge in [0.05, 0.1) is 12.1 Å². The van der Waals surface area contributed by atoms with Crippen LogP contribution in [-0.2, 0) is 0 Å². The van der Waals surface area contributed by atoms with Gasteiger partial charge in [-0.3, -0.25) is 0 Å². The SMILES string of the molecule is CCCNC(CO)(CN(C)c1ccc(C)cc1)C1CC1. The van der Waals surface area contributed by atoms with Crippen molar-refractivity contribution in [3.63, 3.8) is 0 Å². The highest BCUT2D eigenvalue weighted by molar-refractivity contribution is 5.47. The Labute approximate surface area is 123 Å². The van der Waals surface area contributed by atoms with Gasteiger partial charge in [0.15, 0.2) is 0 Å². The molecule has 1 saturated carbocycles. The fraction of sp³-hybridized carbons (Fsp3) is 0.647. The summed E-state index contributed by atoms with van der Waals surface area (Å²) in [5.41, 5.74) is 2.35. The van der Waals surface area contributed by atoms with E-state index in [1.807, 2.05) is 0 Å². The monoisotopic (exact) mass is 276 g/mol. The zero-order chi connectivity index (χ0) is 14.6. The van der Waals surface area contributed by atoms with Gasteiger partial charge in [-0.25, -0.2) is 0 Å². The Morgan fingerprint density at radius 2 is 1.95 bits per heavy atom. The van der Waals surface area contributed by atoms with Crippen LogP contribution in [0.15, 0.2) is 24.3 Å². The number of rotatable bonds is 8. The third kappa shape index (κ3) is 3.53. The van der Waals surface area contributed by atoms with Crippen molar-refractivity contribution >= 4 is 5.69 Å². The van der Waals surface area contributed by atoms with Crippen LogP contribution in [-0.4, -0.2) is 37.4 Å². The Hall–Kier alpha value is -1.06. The van der Waals surface area contributed by atoms with Crippen LogP contribution in [0.5, 0.6) is 0 Å². The van der Waals surface area contributed by atoms with E-state index in [1.165, 1.54) is 24.1 Å². The summed E-state index contributed by atoms with van der Waals surface area (Å²) in [7, 11) is 2.12. The van der Waals surface area contributed by atoms with E-state index < -0.39 is 0 Å². The number of nitrogens with one attached hydrogen (secondary N) is 1. The Balaban J connectivity index is 2.08. The van der Waals surface area contributed by atoms with Gasteiger partial charge < -0.3 is 15.3 Å². The van der Waals surface area contributed by atoms with Crippen molar-refractivity contribution in [3.8, 4) is 0 Å². The van der Waals surface area contributed by atoms with Crippen LogP contribution in [0.2, 0.25) is 0 Å². The zero-order valence-electron chi connectivity index (χ0n) is 13.0. The maximum absolute atomic E-state index is 9.96. The molecule has 2 N–H and O–H groups in total. The molecule has 2 rings (SSSR count). The van der Waals surface area contributed by atoms with Gasteiger partial charge in [-0.05, 0) is 50.8 Å². The summed E-state index contributed by atoms with van der Waals surface area (Å²) in [6, 6.07) is 8.60. The summed E-state index contributed by atoms with van der Waals surface area (Å²) in [6.45, 7) is 6.32. The molecule has 0 amide bonds. The number of benzene rings is 1. The largest absolute Gasteiger partial charge is 0.394 e. The predicted octanol–water partition coefficient (Wildman–Crippen LogP) is 2.57. The van der Waals surface area contributed by atoms with E-state index in [0.717, 1.165) is 19.5 Å². The first-order chi connectivity index (χ1) is 9.61. The summed E-state index contributed by atoms with van der Waals surface area (Å²) < 4.78 is 0. The molecule has 0 radical (unpaired) electrons. The lowest BCUT2D eigenvalue weighted by atomic mass is 9.93. The molecule has 0 aromatic heterocycles. The first-order valence-corrected chi connectivity index (χ1v) is 7.75. The van der Waals surface area contributed by atoms with E-state index in [1.54, 1.807) is 0 Å². The number of anilines is 1. The number of aliphatic hydroxyl groups excluding tert-OH is 1. The molecule has 1 aliphatic rings. The number of aliphatic hydroxyl groups is 1. The van der Waals surface area contributed by atoms with Gasteiger partial charge in [0.25, 0.3) is 0 Å². The molecule has 20 heavy (non-hydrogen) atoms. The molecule has 0 bridgehead atoms. The van der Waals surface area contributed by atoms with E-state index in [4.69, 9.17) is 0 Å². The molecule has 0 heterocycles. The van der Waals surface area contributed by atoms with Crippen LogP contribution in [0.3, 0.4) is 0 Å². The van der Waals surface area contributed by atoms with Gasteiger partial charge >= 0.3 is 0 Å². The second-order valence-corrected chi connectivity index (χ2v) is 6.21. The van der Waals surface area contributed by atoms with Gasteiger partial charge in [-0.2, -0.15) is 0 Å². The van der Waals surface area contributed by atoms with Gasteiger partial charge in [-0.1, -0.05) is 24.6 Å². The van der Waals surface area contributed by atoms with Gasteiger partial charge in [-0.15, -0.1) is 0 Å². The highest BCUT2D eigenvalue weighted by Gasteiger charge is 2.45. The van der Waals surface area contributed by atoms with Crippen molar-refractivity contribution in [3.05, 3.63) is 29.8 Å². The van der Waals surface area contributed by atoms with Crippen LogP contribution in [0, 0.1) is 12.8 Å². The third-order valence-electron chi connectivity index (χ3n) is 4.36. The fourth-order valence-electron chi connectivity index (χ4n) is 2.89. The van der Waals surface area contributed by atoms with Gasteiger partial charge in [0, 0.05) is 19.3 Å². The molecule has 1 fully saturated rings. The van der Waals surface area contributed by atoms with Crippen molar-refractivity contribution in [2.45, 2.75) is 38.6 Å². The van der Waals surface area contributed by atoms with Crippen LogP contribution in [0.25, 0.3) is 0 Å². The molecule has 1 aliphatic carbocycles.